The Balaban J connectivity index is 1.53. The van der Waals surface area contributed by atoms with Crippen molar-refractivity contribution in [2.45, 2.75) is 20.0 Å². The summed E-state index contributed by atoms with van der Waals surface area (Å²) in [5, 5.41) is 4.24. The number of halogens is 1. The van der Waals surface area contributed by atoms with Crippen LogP contribution in [-0.2, 0) is 13.1 Å². The summed E-state index contributed by atoms with van der Waals surface area (Å²) in [6, 6.07) is 5.79. The van der Waals surface area contributed by atoms with Gasteiger partial charge in [-0.2, -0.15) is 5.10 Å². The van der Waals surface area contributed by atoms with Gasteiger partial charge in [-0.1, -0.05) is 0 Å². The minimum Gasteiger partial charge on any atom is -0.297 e. The van der Waals surface area contributed by atoms with Crippen LogP contribution >= 0.6 is 0 Å². The number of carbonyl (C=O) groups excluding carboxylic acids is 1. The van der Waals surface area contributed by atoms with Crippen LogP contribution in [0.2, 0.25) is 0 Å². The number of rotatable bonds is 5. The number of aromatic nitrogens is 2. The maximum Gasteiger partial charge on any atom is 0.168 e. The minimum atomic E-state index is -0.310. The van der Waals surface area contributed by atoms with Gasteiger partial charge >= 0.3 is 0 Å². The molecule has 2 heterocycles. The molecule has 1 aromatic carbocycles. The van der Waals surface area contributed by atoms with E-state index in [0.717, 1.165) is 26.2 Å². The fourth-order valence-electron chi connectivity index (χ4n) is 2.63. The quantitative estimate of drug-likeness (QED) is 0.792. The van der Waals surface area contributed by atoms with Crippen LogP contribution in [0.3, 0.4) is 0 Å². The zero-order valence-corrected chi connectivity index (χ0v) is 12.0. The summed E-state index contributed by atoms with van der Waals surface area (Å²) < 4.78 is 14.8. The van der Waals surface area contributed by atoms with Crippen molar-refractivity contribution in [1.29, 1.82) is 0 Å². The van der Waals surface area contributed by atoms with Gasteiger partial charge in [0, 0.05) is 49.4 Å². The highest BCUT2D eigenvalue weighted by molar-refractivity contribution is 5.98. The molecule has 0 spiro atoms. The Morgan fingerprint density at radius 1 is 1.33 bits per heavy atom. The second kappa shape index (κ2) is 5.77. The molecule has 0 atom stereocenters. The van der Waals surface area contributed by atoms with Gasteiger partial charge in [-0.15, -0.1) is 0 Å². The van der Waals surface area contributed by atoms with E-state index in [0.29, 0.717) is 5.56 Å². The van der Waals surface area contributed by atoms with Gasteiger partial charge < -0.3 is 0 Å². The van der Waals surface area contributed by atoms with Crippen molar-refractivity contribution in [3.8, 4) is 0 Å². The molecule has 0 unspecified atom stereocenters. The summed E-state index contributed by atoms with van der Waals surface area (Å²) in [4.78, 5) is 14.4. The highest BCUT2D eigenvalue weighted by Gasteiger charge is 2.33. The monoisotopic (exact) mass is 287 g/mol. The standard InChI is InChI=1S/C16H18FN3O/c1-2-20-9-12(7-18-20)8-19-10-14(11-19)16(21)13-3-5-15(17)6-4-13/h3-7,9,14H,2,8,10-11H2,1H3. The molecule has 0 radical (unpaired) electrons. The van der Waals surface area contributed by atoms with E-state index in [-0.39, 0.29) is 17.5 Å². The van der Waals surface area contributed by atoms with Gasteiger partial charge in [0.2, 0.25) is 0 Å². The molecule has 0 bridgehead atoms. The fourth-order valence-corrected chi connectivity index (χ4v) is 2.63. The maximum atomic E-state index is 12.9. The molecule has 0 amide bonds. The number of aryl methyl sites for hydroxylation is 1. The summed E-state index contributed by atoms with van der Waals surface area (Å²) in [6.45, 7) is 5.26. The van der Waals surface area contributed by atoms with Gasteiger partial charge in [0.15, 0.2) is 5.78 Å². The molecule has 1 aromatic heterocycles. The molecule has 2 aromatic rings. The number of Topliss-reactive ketones (excluding diaryl/α,β-unsaturated/α-hetero) is 1. The molecule has 1 aliphatic heterocycles. The second-order valence-electron chi connectivity index (χ2n) is 5.47. The number of benzene rings is 1. The normalized spacial score (nSPS) is 15.9. The van der Waals surface area contributed by atoms with Crippen LogP contribution in [0.4, 0.5) is 4.39 Å². The average molecular weight is 287 g/mol. The third-order valence-corrected chi connectivity index (χ3v) is 3.87. The highest BCUT2D eigenvalue weighted by atomic mass is 19.1. The first-order valence-corrected chi connectivity index (χ1v) is 7.19. The molecular formula is C16H18FN3O. The van der Waals surface area contributed by atoms with E-state index >= 15 is 0 Å². The molecule has 0 saturated carbocycles. The molecule has 1 saturated heterocycles. The van der Waals surface area contributed by atoms with Crippen molar-refractivity contribution in [3.63, 3.8) is 0 Å². The summed E-state index contributed by atoms with van der Waals surface area (Å²) in [5.41, 5.74) is 1.77. The third-order valence-electron chi connectivity index (χ3n) is 3.87. The van der Waals surface area contributed by atoms with Crippen LogP contribution < -0.4 is 0 Å². The molecule has 110 valence electrons. The van der Waals surface area contributed by atoms with Gasteiger partial charge in [0.05, 0.1) is 6.20 Å². The number of nitrogens with zero attached hydrogens (tertiary/aromatic N) is 3. The van der Waals surface area contributed by atoms with Crippen LogP contribution in [-0.4, -0.2) is 33.6 Å². The van der Waals surface area contributed by atoms with Crippen LogP contribution in [0.25, 0.3) is 0 Å². The van der Waals surface area contributed by atoms with Crippen molar-refractivity contribution >= 4 is 5.78 Å². The van der Waals surface area contributed by atoms with Crippen LogP contribution in [0.15, 0.2) is 36.7 Å². The topological polar surface area (TPSA) is 38.1 Å². The van der Waals surface area contributed by atoms with Gasteiger partial charge in [0.1, 0.15) is 5.82 Å². The smallest absolute Gasteiger partial charge is 0.168 e. The highest BCUT2D eigenvalue weighted by Crippen LogP contribution is 2.22. The average Bonchev–Trinajstić information content (AvgIpc) is 2.90. The first-order chi connectivity index (χ1) is 10.2. The maximum absolute atomic E-state index is 12.9. The number of likely N-dealkylation sites (tertiary alicyclic amines) is 1. The molecule has 1 fully saturated rings. The number of hydrogen-bond acceptors (Lipinski definition) is 3. The van der Waals surface area contributed by atoms with Crippen molar-refractivity contribution in [1.82, 2.24) is 14.7 Å². The van der Waals surface area contributed by atoms with Gasteiger partial charge in [-0.25, -0.2) is 4.39 Å². The van der Waals surface area contributed by atoms with E-state index in [1.54, 1.807) is 12.1 Å². The predicted octanol–water partition coefficient (Wildman–Crippen LogP) is 2.36. The third kappa shape index (κ3) is 3.03. The number of ketones is 1. The minimum absolute atomic E-state index is 0.0247. The van der Waals surface area contributed by atoms with Crippen molar-refractivity contribution < 1.29 is 9.18 Å². The predicted molar refractivity (Wildman–Crippen MR) is 77.4 cm³/mol. The van der Waals surface area contributed by atoms with E-state index in [4.69, 9.17) is 0 Å². The molecule has 0 aliphatic carbocycles. The summed E-state index contributed by atoms with van der Waals surface area (Å²) >= 11 is 0. The zero-order chi connectivity index (χ0) is 14.8. The Morgan fingerprint density at radius 2 is 2.05 bits per heavy atom. The molecule has 1 aliphatic rings. The lowest BCUT2D eigenvalue weighted by Gasteiger charge is -2.38. The van der Waals surface area contributed by atoms with E-state index in [2.05, 4.69) is 16.9 Å². The Labute approximate surface area is 123 Å². The second-order valence-corrected chi connectivity index (χ2v) is 5.47. The van der Waals surface area contributed by atoms with E-state index < -0.39 is 0 Å². The van der Waals surface area contributed by atoms with Gasteiger partial charge in [0.25, 0.3) is 0 Å². The van der Waals surface area contributed by atoms with Crippen molar-refractivity contribution in [2.24, 2.45) is 5.92 Å². The van der Waals surface area contributed by atoms with Gasteiger partial charge in [-0.3, -0.25) is 14.4 Å². The first kappa shape index (κ1) is 13.9. The first-order valence-electron chi connectivity index (χ1n) is 7.19. The van der Waals surface area contributed by atoms with Crippen molar-refractivity contribution in [3.05, 3.63) is 53.6 Å². The van der Waals surface area contributed by atoms with Crippen LogP contribution in [0, 0.1) is 11.7 Å². The van der Waals surface area contributed by atoms with E-state index in [1.165, 1.54) is 17.7 Å². The number of carbonyl (C=O) groups is 1. The van der Waals surface area contributed by atoms with Crippen molar-refractivity contribution in [2.75, 3.05) is 13.1 Å². The van der Waals surface area contributed by atoms with E-state index in [9.17, 15) is 9.18 Å². The fraction of sp³-hybridized carbons (Fsp3) is 0.375. The summed E-state index contributed by atoms with van der Waals surface area (Å²) in [5.74, 6) is -0.179. The summed E-state index contributed by atoms with van der Waals surface area (Å²) in [6.07, 6.45) is 3.91. The Hall–Kier alpha value is -2.01. The molecule has 4 nitrogen and oxygen atoms in total. The van der Waals surface area contributed by atoms with Crippen LogP contribution in [0.1, 0.15) is 22.8 Å². The SMILES string of the molecule is CCn1cc(CN2CC(C(=O)c3ccc(F)cc3)C2)cn1. The van der Waals surface area contributed by atoms with E-state index in [1.807, 2.05) is 17.1 Å². The largest absolute Gasteiger partial charge is 0.297 e. The molecule has 21 heavy (non-hydrogen) atoms. The lowest BCUT2D eigenvalue weighted by molar-refractivity contribution is 0.0595. The van der Waals surface area contributed by atoms with Gasteiger partial charge in [-0.05, 0) is 31.2 Å². The zero-order valence-electron chi connectivity index (χ0n) is 12.0. The molecule has 5 heteroatoms. The lowest BCUT2D eigenvalue weighted by Crippen LogP contribution is -2.49. The molecular weight excluding hydrogens is 269 g/mol. The Bertz CT molecular complexity index is 629. The number of hydrogen-bond donors (Lipinski definition) is 0. The molecule has 3 rings (SSSR count). The molecule has 0 N–H and O–H groups in total. The summed E-state index contributed by atoms with van der Waals surface area (Å²) in [7, 11) is 0. The Morgan fingerprint density at radius 3 is 2.67 bits per heavy atom. The van der Waals surface area contributed by atoms with Crippen LogP contribution in [0.5, 0.6) is 0 Å². The Kier molecular flexibility index (Phi) is 3.84. The lowest BCUT2D eigenvalue weighted by atomic mass is 9.90.